The number of hydrogen-bond acceptors (Lipinski definition) is 4. The number of amides is 1. The third kappa shape index (κ3) is 4.63. The van der Waals surface area contributed by atoms with Gasteiger partial charge in [-0.25, -0.2) is 0 Å². The largest absolute Gasteiger partial charge is 0.495 e. The molecule has 178 valence electrons. The second-order valence-electron chi connectivity index (χ2n) is 8.39. The molecular formula is C26H31N5O2S. The number of nitrogens with zero attached hydrogens (tertiary/aromatic N) is 3. The molecule has 34 heavy (non-hydrogen) atoms. The predicted molar refractivity (Wildman–Crippen MR) is 138 cm³/mol. The number of ether oxygens (including phenoxy) is 1. The number of carbonyl (C=O) groups excluding carboxylic acids is 1. The molecule has 3 heterocycles. The van der Waals surface area contributed by atoms with Crippen LogP contribution in [0.4, 0.5) is 5.69 Å². The van der Waals surface area contributed by atoms with Gasteiger partial charge in [-0.1, -0.05) is 18.2 Å². The first-order valence-corrected chi connectivity index (χ1v) is 11.9. The number of aromatic nitrogens is 2. The maximum atomic E-state index is 12.8. The van der Waals surface area contributed by atoms with E-state index in [9.17, 15) is 4.79 Å². The maximum absolute atomic E-state index is 12.8. The standard InChI is InChI=1S/C26H31N5O2S/c1-5-30-17(2)16-19(18(30)3)25-24(21-11-8-9-14-27-21)29-26(34)31(25)15-13-23(32)28-20-10-6-7-12-22(20)33-4/h6-12,14,16,24-25H,5,13,15H2,1-4H3,(H,28,32)(H,29,34)/t24-,25+/m0/s1. The van der Waals surface area contributed by atoms with Crippen molar-refractivity contribution in [2.75, 3.05) is 19.0 Å². The van der Waals surface area contributed by atoms with E-state index in [0.29, 0.717) is 23.1 Å². The molecule has 1 fully saturated rings. The monoisotopic (exact) mass is 477 g/mol. The minimum absolute atomic E-state index is 0.0621. The summed E-state index contributed by atoms with van der Waals surface area (Å²) < 4.78 is 7.66. The van der Waals surface area contributed by atoms with Crippen molar-refractivity contribution in [1.29, 1.82) is 0 Å². The minimum Gasteiger partial charge on any atom is -0.495 e. The maximum Gasteiger partial charge on any atom is 0.226 e. The van der Waals surface area contributed by atoms with E-state index in [1.165, 1.54) is 17.0 Å². The van der Waals surface area contributed by atoms with Gasteiger partial charge in [-0.05, 0) is 68.9 Å². The number of hydrogen-bond donors (Lipinski definition) is 2. The molecule has 8 heteroatoms. The number of nitrogens with one attached hydrogen (secondary N) is 2. The summed E-state index contributed by atoms with van der Waals surface area (Å²) in [5, 5.41) is 7.06. The van der Waals surface area contributed by atoms with Gasteiger partial charge in [0.15, 0.2) is 5.11 Å². The first-order valence-electron chi connectivity index (χ1n) is 11.5. The normalized spacial score (nSPS) is 17.5. The molecule has 0 unspecified atom stereocenters. The Kier molecular flexibility index (Phi) is 7.17. The van der Waals surface area contributed by atoms with Crippen LogP contribution in [-0.4, -0.2) is 39.1 Å². The highest BCUT2D eigenvalue weighted by Crippen LogP contribution is 2.40. The number of benzene rings is 1. The molecule has 1 aliphatic rings. The van der Waals surface area contributed by atoms with Crippen LogP contribution in [0.3, 0.4) is 0 Å². The number of rotatable bonds is 8. The Morgan fingerprint density at radius 2 is 1.97 bits per heavy atom. The Hall–Kier alpha value is -3.39. The van der Waals surface area contributed by atoms with Gasteiger partial charge in [0.25, 0.3) is 0 Å². The van der Waals surface area contributed by atoms with Crippen molar-refractivity contribution in [1.82, 2.24) is 19.8 Å². The molecule has 1 aliphatic heterocycles. The van der Waals surface area contributed by atoms with E-state index < -0.39 is 0 Å². The van der Waals surface area contributed by atoms with E-state index in [4.69, 9.17) is 17.0 Å². The molecule has 1 saturated heterocycles. The molecular weight excluding hydrogens is 446 g/mol. The molecule has 0 saturated carbocycles. The lowest BCUT2D eigenvalue weighted by Gasteiger charge is -2.28. The van der Waals surface area contributed by atoms with E-state index in [1.54, 1.807) is 13.3 Å². The summed E-state index contributed by atoms with van der Waals surface area (Å²) in [5.41, 5.74) is 5.21. The van der Waals surface area contributed by atoms with Gasteiger partial charge in [0.1, 0.15) is 5.75 Å². The lowest BCUT2D eigenvalue weighted by atomic mass is 9.96. The molecule has 2 aromatic heterocycles. The van der Waals surface area contributed by atoms with Crippen molar-refractivity contribution < 1.29 is 9.53 Å². The topological polar surface area (TPSA) is 71.4 Å². The lowest BCUT2D eigenvalue weighted by Crippen LogP contribution is -2.33. The second kappa shape index (κ2) is 10.3. The van der Waals surface area contributed by atoms with Gasteiger partial charge in [0.2, 0.25) is 5.91 Å². The van der Waals surface area contributed by atoms with Crippen molar-refractivity contribution in [2.45, 2.75) is 45.8 Å². The van der Waals surface area contributed by atoms with Crippen LogP contribution >= 0.6 is 12.2 Å². The number of anilines is 1. The van der Waals surface area contributed by atoms with Crippen molar-refractivity contribution in [3.63, 3.8) is 0 Å². The molecule has 4 rings (SSSR count). The van der Waals surface area contributed by atoms with Crippen LogP contribution in [0.25, 0.3) is 0 Å². The van der Waals surface area contributed by atoms with Crippen LogP contribution in [0.15, 0.2) is 54.7 Å². The van der Waals surface area contributed by atoms with Crippen LogP contribution in [0.2, 0.25) is 0 Å². The van der Waals surface area contributed by atoms with E-state index in [0.717, 1.165) is 12.2 Å². The lowest BCUT2D eigenvalue weighted by molar-refractivity contribution is -0.116. The number of methoxy groups -OCH3 is 1. The molecule has 7 nitrogen and oxygen atoms in total. The first kappa shape index (κ1) is 23.8. The highest BCUT2D eigenvalue weighted by atomic mass is 32.1. The first-order chi connectivity index (χ1) is 16.4. The van der Waals surface area contributed by atoms with Crippen molar-refractivity contribution in [3.8, 4) is 5.75 Å². The zero-order valence-electron chi connectivity index (χ0n) is 20.0. The quantitative estimate of drug-likeness (QED) is 0.465. The summed E-state index contributed by atoms with van der Waals surface area (Å²) in [7, 11) is 1.59. The third-order valence-electron chi connectivity index (χ3n) is 6.41. The molecule has 3 aromatic rings. The molecule has 0 bridgehead atoms. The van der Waals surface area contributed by atoms with Crippen LogP contribution < -0.4 is 15.4 Å². The number of pyridine rings is 1. The Bertz CT molecular complexity index is 1180. The van der Waals surface area contributed by atoms with E-state index in [2.05, 4.69) is 51.9 Å². The predicted octanol–water partition coefficient (Wildman–Crippen LogP) is 4.53. The Labute approximate surface area is 206 Å². The summed E-state index contributed by atoms with van der Waals surface area (Å²) in [6, 6.07) is 15.4. The number of para-hydroxylation sites is 2. The summed E-state index contributed by atoms with van der Waals surface area (Å²) in [6.07, 6.45) is 2.09. The molecule has 0 radical (unpaired) electrons. The fourth-order valence-electron chi connectivity index (χ4n) is 4.78. The zero-order valence-corrected chi connectivity index (χ0v) is 20.9. The average Bonchev–Trinajstić information content (AvgIpc) is 3.32. The SMILES string of the molecule is CCn1c(C)cc([C@@H]2[C@H](c3ccccn3)NC(=S)N2CCC(=O)Nc2ccccc2OC)c1C. The highest BCUT2D eigenvalue weighted by molar-refractivity contribution is 7.80. The van der Waals surface area contributed by atoms with E-state index in [1.807, 2.05) is 42.5 Å². The second-order valence-corrected chi connectivity index (χ2v) is 8.78. The van der Waals surface area contributed by atoms with Gasteiger partial charge < -0.3 is 24.8 Å². The fourth-order valence-corrected chi connectivity index (χ4v) is 5.11. The summed E-state index contributed by atoms with van der Waals surface area (Å²) in [6.45, 7) is 7.81. The highest BCUT2D eigenvalue weighted by Gasteiger charge is 2.41. The molecule has 0 aliphatic carbocycles. The molecule has 0 spiro atoms. The number of thiocarbonyl (C=S) groups is 1. The van der Waals surface area contributed by atoms with Crippen LogP contribution in [-0.2, 0) is 11.3 Å². The van der Waals surface area contributed by atoms with Crippen molar-refractivity contribution >= 4 is 28.9 Å². The summed E-state index contributed by atoms with van der Waals surface area (Å²) in [5.74, 6) is 0.542. The van der Waals surface area contributed by atoms with Gasteiger partial charge in [-0.3, -0.25) is 9.78 Å². The van der Waals surface area contributed by atoms with E-state index >= 15 is 0 Å². The van der Waals surface area contributed by atoms with Crippen LogP contribution in [0, 0.1) is 13.8 Å². The minimum atomic E-state index is -0.100. The number of aryl methyl sites for hydroxylation is 1. The van der Waals surface area contributed by atoms with Crippen molar-refractivity contribution in [3.05, 3.63) is 77.4 Å². The average molecular weight is 478 g/mol. The smallest absolute Gasteiger partial charge is 0.226 e. The van der Waals surface area contributed by atoms with Gasteiger partial charge >= 0.3 is 0 Å². The third-order valence-corrected chi connectivity index (χ3v) is 6.76. The Morgan fingerprint density at radius 3 is 2.65 bits per heavy atom. The van der Waals surface area contributed by atoms with Gasteiger partial charge in [-0.2, -0.15) is 0 Å². The Balaban J connectivity index is 1.59. The Morgan fingerprint density at radius 1 is 1.21 bits per heavy atom. The van der Waals surface area contributed by atoms with Gasteiger partial charge in [0.05, 0.1) is 30.6 Å². The van der Waals surface area contributed by atoms with Crippen LogP contribution in [0.5, 0.6) is 5.75 Å². The van der Waals surface area contributed by atoms with Gasteiger partial charge in [-0.15, -0.1) is 0 Å². The molecule has 2 atom stereocenters. The number of carbonyl (C=O) groups is 1. The van der Waals surface area contributed by atoms with E-state index in [-0.39, 0.29) is 24.4 Å². The molecule has 1 amide bonds. The van der Waals surface area contributed by atoms with Gasteiger partial charge in [0, 0.05) is 37.1 Å². The summed E-state index contributed by atoms with van der Waals surface area (Å²) in [4.78, 5) is 19.6. The fraction of sp³-hybridized carbons (Fsp3) is 0.346. The van der Waals surface area contributed by atoms with Crippen LogP contribution in [0.1, 0.15) is 48.1 Å². The zero-order chi connectivity index (χ0) is 24.2. The summed E-state index contributed by atoms with van der Waals surface area (Å²) >= 11 is 5.76. The molecule has 1 aromatic carbocycles. The van der Waals surface area contributed by atoms with Crippen molar-refractivity contribution in [2.24, 2.45) is 0 Å². The molecule has 2 N–H and O–H groups in total.